The summed E-state index contributed by atoms with van der Waals surface area (Å²) < 4.78 is 36.9. The van der Waals surface area contributed by atoms with Gasteiger partial charge in [-0.05, 0) is 133 Å². The van der Waals surface area contributed by atoms with Crippen molar-refractivity contribution >= 4 is 23.4 Å². The zero-order valence-electron chi connectivity index (χ0n) is 40.3. The van der Waals surface area contributed by atoms with Crippen molar-refractivity contribution in [3.63, 3.8) is 0 Å². The number of aliphatic hydroxyl groups excluding tert-OH is 1. The summed E-state index contributed by atoms with van der Waals surface area (Å²) >= 11 is 0. The second kappa shape index (κ2) is 22.8. The molecule has 13 heteroatoms. The number of carbonyl (C=O) groups excluding carboxylic acids is 4. The first kappa shape index (κ1) is 51.5. The van der Waals surface area contributed by atoms with Crippen LogP contribution in [0.3, 0.4) is 0 Å². The van der Waals surface area contributed by atoms with Crippen molar-refractivity contribution in [1.29, 1.82) is 0 Å². The fraction of sp³-hybridized carbons (Fsp3) is 0.725. The lowest BCUT2D eigenvalue weighted by Crippen LogP contribution is -2.64. The van der Waals surface area contributed by atoms with E-state index in [-0.39, 0.29) is 55.6 Å². The summed E-state index contributed by atoms with van der Waals surface area (Å²) in [6, 6.07) is 4.94. The molecular weight excluding hydrogens is 819 g/mol. The molecule has 4 aliphatic rings. The molecule has 1 saturated carbocycles. The van der Waals surface area contributed by atoms with Crippen molar-refractivity contribution in [3.05, 3.63) is 52.6 Å². The molecule has 5 rings (SSSR count). The van der Waals surface area contributed by atoms with Gasteiger partial charge in [-0.3, -0.25) is 14.4 Å². The highest BCUT2D eigenvalue weighted by molar-refractivity contribution is 6.39. The zero-order valence-corrected chi connectivity index (χ0v) is 40.3. The van der Waals surface area contributed by atoms with Crippen molar-refractivity contribution in [2.75, 3.05) is 27.9 Å². The molecule has 64 heavy (non-hydrogen) atoms. The number of ketones is 2. The maximum atomic E-state index is 14.5. The summed E-state index contributed by atoms with van der Waals surface area (Å²) in [5.74, 6) is -6.64. The summed E-state index contributed by atoms with van der Waals surface area (Å²) in [4.78, 5) is 58.4. The van der Waals surface area contributed by atoms with Gasteiger partial charge in [-0.15, -0.1) is 0 Å². The molecule has 0 spiro atoms. The van der Waals surface area contributed by atoms with Gasteiger partial charge in [-0.25, -0.2) is 4.79 Å². The molecule has 3 aliphatic heterocycles. The molecule has 14 unspecified atom stereocenters. The number of hydrogen-bond acceptors (Lipinski definition) is 12. The Morgan fingerprint density at radius 1 is 0.875 bits per heavy atom. The van der Waals surface area contributed by atoms with E-state index in [9.17, 15) is 29.4 Å². The van der Waals surface area contributed by atoms with Crippen LogP contribution in [0.25, 0.3) is 0 Å². The summed E-state index contributed by atoms with van der Waals surface area (Å²) in [6.07, 6.45) is 4.77. The van der Waals surface area contributed by atoms with Crippen LogP contribution in [0.2, 0.25) is 0 Å². The Morgan fingerprint density at radius 2 is 1.56 bits per heavy atom. The fourth-order valence-corrected chi connectivity index (χ4v) is 10.5. The molecule has 2 N–H and O–H groups in total. The number of aliphatic hydroxyl groups is 2. The molecule has 2 saturated heterocycles. The first-order valence-electron chi connectivity index (χ1n) is 23.7. The zero-order chi connectivity index (χ0) is 47.0. The maximum Gasteiger partial charge on any atom is 0.329 e. The molecule has 0 radical (unpaired) electrons. The van der Waals surface area contributed by atoms with Gasteiger partial charge in [0, 0.05) is 52.0 Å². The Hall–Kier alpha value is -3.46. The van der Waals surface area contributed by atoms with Crippen LogP contribution >= 0.6 is 0 Å². The number of allylic oxidation sites excluding steroid dienone is 3. The number of nitrogens with zero attached hydrogens (tertiary/aromatic N) is 1. The van der Waals surface area contributed by atoms with Crippen LogP contribution in [0.15, 0.2) is 41.5 Å². The Kier molecular flexibility index (Phi) is 18.4. The van der Waals surface area contributed by atoms with Gasteiger partial charge in [0.05, 0.1) is 24.4 Å². The predicted octanol–water partition coefficient (Wildman–Crippen LogP) is 7.18. The average Bonchev–Trinajstić information content (AvgIpc) is 3.27. The minimum atomic E-state index is -2.50. The van der Waals surface area contributed by atoms with Gasteiger partial charge < -0.3 is 43.5 Å². The number of ether oxygens (including phenoxy) is 6. The molecule has 1 aliphatic carbocycles. The number of fused-ring (bicyclic) bond motifs is 3. The van der Waals surface area contributed by atoms with E-state index in [0.29, 0.717) is 44.1 Å². The third-order valence-electron chi connectivity index (χ3n) is 14.6. The predicted molar refractivity (Wildman–Crippen MR) is 242 cm³/mol. The smallest absolute Gasteiger partial charge is 0.329 e. The minimum Gasteiger partial charge on any atom is -0.488 e. The van der Waals surface area contributed by atoms with E-state index < -0.39 is 77.8 Å². The van der Waals surface area contributed by atoms with E-state index in [2.05, 4.69) is 26.8 Å². The molecule has 0 aromatic heterocycles. The van der Waals surface area contributed by atoms with Crippen LogP contribution in [-0.4, -0.2) is 121 Å². The molecule has 2 bridgehead atoms. The van der Waals surface area contributed by atoms with Gasteiger partial charge in [-0.1, -0.05) is 51.5 Å². The Labute approximate surface area is 381 Å². The fourth-order valence-electron chi connectivity index (χ4n) is 10.5. The highest BCUT2D eigenvalue weighted by Gasteiger charge is 2.56. The van der Waals surface area contributed by atoms with E-state index in [0.717, 1.165) is 29.7 Å². The first-order chi connectivity index (χ1) is 30.3. The van der Waals surface area contributed by atoms with Crippen molar-refractivity contribution in [2.45, 2.75) is 181 Å². The van der Waals surface area contributed by atoms with Crippen LogP contribution in [0, 0.1) is 43.4 Å². The van der Waals surface area contributed by atoms with Crippen molar-refractivity contribution < 1.29 is 57.8 Å². The van der Waals surface area contributed by atoms with E-state index in [1.807, 2.05) is 45.0 Å². The third kappa shape index (κ3) is 12.1. The summed E-state index contributed by atoms with van der Waals surface area (Å²) in [6.45, 7) is 15.5. The standard InChI is InChI=1S/C51H77NO12/c1-12-37-22-29(2)21-30(3)23-44(60-10)47-45(61-11)26-34(7)51(58,64-47)48(55)49(56)52-20-14-13-15-39(52)50(57)63-46(35(8)40(53)28-41(37)54)33(6)24-36-17-19-42(43(27-36)59-9)62-38-18-16-31(4)32(5)25-38/h16,18,22,24-25,30,34-37,39-40,42-47,53,58H,12-15,17,19-21,23,26-28H2,1-11H3/b29-22+,33-24?. The van der Waals surface area contributed by atoms with Gasteiger partial charge in [0.1, 0.15) is 35.9 Å². The number of carbonyl (C=O) groups is 4. The molecule has 14 atom stereocenters. The number of cyclic esters (lactones) is 1. The maximum absolute atomic E-state index is 14.5. The van der Waals surface area contributed by atoms with Crippen molar-refractivity contribution in [3.8, 4) is 5.75 Å². The molecule has 3 heterocycles. The number of piperidine rings is 1. The van der Waals surface area contributed by atoms with Crippen LogP contribution in [0.5, 0.6) is 5.75 Å². The van der Waals surface area contributed by atoms with Crippen LogP contribution in [0.1, 0.15) is 123 Å². The number of esters is 1. The Bertz CT molecular complexity index is 1840. The monoisotopic (exact) mass is 896 g/mol. The van der Waals surface area contributed by atoms with Gasteiger partial charge >= 0.3 is 5.97 Å². The topological polar surface area (TPSA) is 167 Å². The van der Waals surface area contributed by atoms with E-state index in [4.69, 9.17) is 28.4 Å². The lowest BCUT2D eigenvalue weighted by Gasteiger charge is -2.47. The second-order valence-electron chi connectivity index (χ2n) is 19.5. The van der Waals surface area contributed by atoms with E-state index in [1.165, 1.54) is 17.6 Å². The SMILES string of the molecule is CCC1/C=C(\C)CC(C)CC(OC)C2OC(O)(C(=O)C(=O)N3CCCCC3C(=O)OC(C(C)=CC3CCC(Oc4ccc(C)c(C)c4)C(OC)C3)C(C)C(O)CC1=O)C(C)CC2OC. The molecule has 13 nitrogen and oxygen atoms in total. The number of aryl methyl sites for hydroxylation is 2. The normalized spacial score (nSPS) is 37.8. The van der Waals surface area contributed by atoms with Crippen molar-refractivity contribution in [1.82, 2.24) is 4.90 Å². The Balaban J connectivity index is 1.48. The van der Waals surface area contributed by atoms with Gasteiger partial charge in [0.25, 0.3) is 11.7 Å². The highest BCUT2D eigenvalue weighted by atomic mass is 16.7. The molecule has 1 amide bonds. The number of amides is 1. The number of rotatable bonds is 8. The number of Topliss-reactive ketones (excluding diaryl/α,β-unsaturated/α-hetero) is 2. The van der Waals surface area contributed by atoms with Crippen molar-refractivity contribution in [2.24, 2.45) is 29.6 Å². The average molecular weight is 896 g/mol. The summed E-state index contributed by atoms with van der Waals surface area (Å²) in [5.41, 5.74) is 4.04. The van der Waals surface area contributed by atoms with Gasteiger partial charge in [0.2, 0.25) is 5.79 Å². The summed E-state index contributed by atoms with van der Waals surface area (Å²) in [7, 11) is 4.76. The third-order valence-corrected chi connectivity index (χ3v) is 14.6. The molecule has 358 valence electrons. The highest BCUT2D eigenvalue weighted by Crippen LogP contribution is 2.39. The van der Waals surface area contributed by atoms with E-state index in [1.54, 1.807) is 28.1 Å². The lowest BCUT2D eigenvalue weighted by molar-refractivity contribution is -0.302. The summed E-state index contributed by atoms with van der Waals surface area (Å²) in [5, 5.41) is 24.0. The first-order valence-corrected chi connectivity index (χ1v) is 23.7. The minimum absolute atomic E-state index is 0.0298. The molecular formula is C51H77NO12. The molecule has 1 aromatic rings. The molecule has 1 aromatic carbocycles. The van der Waals surface area contributed by atoms with Gasteiger partial charge in [-0.2, -0.15) is 0 Å². The Morgan fingerprint density at radius 3 is 2.22 bits per heavy atom. The number of hydrogen-bond donors (Lipinski definition) is 2. The van der Waals surface area contributed by atoms with Crippen LogP contribution in [0.4, 0.5) is 0 Å². The van der Waals surface area contributed by atoms with Crippen LogP contribution in [-0.2, 0) is 42.9 Å². The largest absolute Gasteiger partial charge is 0.488 e. The number of methoxy groups -OCH3 is 3. The van der Waals surface area contributed by atoms with Crippen LogP contribution < -0.4 is 4.74 Å². The lowest BCUT2D eigenvalue weighted by atomic mass is 9.81. The second-order valence-corrected chi connectivity index (χ2v) is 19.5. The van der Waals surface area contributed by atoms with E-state index >= 15 is 0 Å². The van der Waals surface area contributed by atoms with Gasteiger partial charge in [0.15, 0.2) is 0 Å². The quantitative estimate of drug-likeness (QED) is 0.154. The molecule has 3 fully saturated rings. The number of benzene rings is 1.